The van der Waals surface area contributed by atoms with E-state index in [1.165, 1.54) is 32.1 Å². The van der Waals surface area contributed by atoms with Crippen molar-refractivity contribution in [1.29, 1.82) is 0 Å². The lowest BCUT2D eigenvalue weighted by Crippen LogP contribution is -2.21. The molecule has 0 spiro atoms. The minimum atomic E-state index is -0.689. The summed E-state index contributed by atoms with van der Waals surface area (Å²) in [5, 5.41) is 8.48. The van der Waals surface area contributed by atoms with E-state index in [9.17, 15) is 4.79 Å². The van der Waals surface area contributed by atoms with Crippen molar-refractivity contribution in [3.63, 3.8) is 0 Å². The monoisotopic (exact) mass is 215 g/mol. The second-order valence-corrected chi connectivity index (χ2v) is 4.21. The van der Waals surface area contributed by atoms with Crippen LogP contribution in [0.1, 0.15) is 51.9 Å². The maximum Gasteiger partial charge on any atom is 0.303 e. The fourth-order valence-electron chi connectivity index (χ4n) is 1.60. The van der Waals surface area contributed by atoms with Gasteiger partial charge in [-0.05, 0) is 33.0 Å². The first kappa shape index (κ1) is 14.4. The third kappa shape index (κ3) is 11.4. The van der Waals surface area contributed by atoms with E-state index in [-0.39, 0.29) is 0 Å². The Morgan fingerprint density at radius 3 is 2.27 bits per heavy atom. The summed E-state index contributed by atoms with van der Waals surface area (Å²) in [6.45, 7) is 4.22. The summed E-state index contributed by atoms with van der Waals surface area (Å²) >= 11 is 0. The zero-order valence-corrected chi connectivity index (χ0v) is 10.2. The van der Waals surface area contributed by atoms with Crippen LogP contribution in [-0.2, 0) is 4.79 Å². The minimum absolute atomic E-state index is 0.292. The van der Waals surface area contributed by atoms with Gasteiger partial charge < -0.3 is 10.0 Å². The van der Waals surface area contributed by atoms with Gasteiger partial charge in [-0.2, -0.15) is 0 Å². The molecule has 0 aromatic heterocycles. The number of aliphatic carboxylic acids is 1. The van der Waals surface area contributed by atoms with Crippen molar-refractivity contribution in [2.24, 2.45) is 0 Å². The van der Waals surface area contributed by atoms with Crippen LogP contribution < -0.4 is 0 Å². The number of unbranched alkanes of at least 4 members (excludes halogenated alkanes) is 4. The summed E-state index contributed by atoms with van der Waals surface area (Å²) in [5.41, 5.74) is 0. The lowest BCUT2D eigenvalue weighted by atomic mass is 10.1. The van der Waals surface area contributed by atoms with Gasteiger partial charge >= 0.3 is 5.97 Å². The van der Waals surface area contributed by atoms with Crippen LogP contribution in [0, 0.1) is 0 Å². The summed E-state index contributed by atoms with van der Waals surface area (Å²) < 4.78 is 0. The number of carboxylic acids is 1. The van der Waals surface area contributed by atoms with E-state index in [1.54, 1.807) is 0 Å². The molecule has 0 aliphatic rings. The maximum atomic E-state index is 10.3. The van der Waals surface area contributed by atoms with Crippen LogP contribution in [-0.4, -0.2) is 36.1 Å². The summed E-state index contributed by atoms with van der Waals surface area (Å²) in [5.74, 6) is -0.689. The molecule has 3 nitrogen and oxygen atoms in total. The molecule has 0 aromatic carbocycles. The molecular formula is C12H25NO2. The molecule has 0 heterocycles. The van der Waals surface area contributed by atoms with E-state index in [1.807, 2.05) is 0 Å². The molecule has 1 N–H and O–H groups in total. The van der Waals surface area contributed by atoms with Gasteiger partial charge in [-0.3, -0.25) is 4.79 Å². The molecule has 0 saturated heterocycles. The third-order valence-corrected chi connectivity index (χ3v) is 2.57. The van der Waals surface area contributed by atoms with Crippen molar-refractivity contribution in [1.82, 2.24) is 4.90 Å². The summed E-state index contributed by atoms with van der Waals surface area (Å²) in [6, 6.07) is 0. The predicted octanol–water partition coefficient (Wildman–Crippen LogP) is 2.75. The first-order valence-electron chi connectivity index (χ1n) is 6.07. The first-order chi connectivity index (χ1) is 7.16. The van der Waals surface area contributed by atoms with Crippen LogP contribution in [0.3, 0.4) is 0 Å². The number of carboxylic acid groups (broad SMARTS) is 1. The predicted molar refractivity (Wildman–Crippen MR) is 63.1 cm³/mol. The van der Waals surface area contributed by atoms with Crippen LogP contribution in [0.2, 0.25) is 0 Å². The summed E-state index contributed by atoms with van der Waals surface area (Å²) in [4.78, 5) is 12.5. The highest BCUT2D eigenvalue weighted by Crippen LogP contribution is 2.03. The molecule has 0 unspecified atom stereocenters. The van der Waals surface area contributed by atoms with Gasteiger partial charge in [0.15, 0.2) is 0 Å². The van der Waals surface area contributed by atoms with Crippen molar-refractivity contribution in [2.75, 3.05) is 20.1 Å². The van der Waals surface area contributed by atoms with Crippen molar-refractivity contribution in [3.05, 3.63) is 0 Å². The van der Waals surface area contributed by atoms with E-state index in [2.05, 4.69) is 18.9 Å². The molecule has 0 bridgehead atoms. The van der Waals surface area contributed by atoms with Gasteiger partial charge in [-0.15, -0.1) is 0 Å². The Bertz CT molecular complexity index is 160. The van der Waals surface area contributed by atoms with Gasteiger partial charge in [-0.25, -0.2) is 0 Å². The highest BCUT2D eigenvalue weighted by molar-refractivity contribution is 5.66. The lowest BCUT2D eigenvalue weighted by Gasteiger charge is -2.15. The normalized spacial score (nSPS) is 10.9. The van der Waals surface area contributed by atoms with Gasteiger partial charge in [0, 0.05) is 6.42 Å². The lowest BCUT2D eigenvalue weighted by molar-refractivity contribution is -0.137. The zero-order chi connectivity index (χ0) is 11.5. The van der Waals surface area contributed by atoms with Gasteiger partial charge in [0.25, 0.3) is 0 Å². The molecule has 0 atom stereocenters. The Morgan fingerprint density at radius 1 is 1.07 bits per heavy atom. The summed E-state index contributed by atoms with van der Waals surface area (Å²) in [7, 11) is 2.07. The number of hydrogen-bond acceptors (Lipinski definition) is 2. The van der Waals surface area contributed by atoms with Gasteiger partial charge in [-0.1, -0.05) is 32.6 Å². The Labute approximate surface area is 93.5 Å². The molecule has 90 valence electrons. The Kier molecular flexibility index (Phi) is 9.59. The first-order valence-corrected chi connectivity index (χ1v) is 6.07. The second-order valence-electron chi connectivity index (χ2n) is 4.21. The quantitative estimate of drug-likeness (QED) is 0.570. The van der Waals surface area contributed by atoms with Gasteiger partial charge in [0.05, 0.1) is 0 Å². The summed E-state index contributed by atoms with van der Waals surface area (Å²) in [6.07, 6.45) is 7.55. The maximum absolute atomic E-state index is 10.3. The van der Waals surface area contributed by atoms with Gasteiger partial charge in [0.1, 0.15) is 0 Å². The van der Waals surface area contributed by atoms with Crippen molar-refractivity contribution in [3.8, 4) is 0 Å². The highest BCUT2D eigenvalue weighted by Gasteiger charge is 2.00. The van der Waals surface area contributed by atoms with Crippen LogP contribution in [0.25, 0.3) is 0 Å². The molecule has 0 aromatic rings. The molecule has 0 saturated carbocycles. The molecule has 3 heteroatoms. The SMILES string of the molecule is CCCCCCCN(C)CCCC(=O)O. The minimum Gasteiger partial charge on any atom is -0.481 e. The Morgan fingerprint density at radius 2 is 1.67 bits per heavy atom. The van der Waals surface area contributed by atoms with E-state index >= 15 is 0 Å². The van der Waals surface area contributed by atoms with Gasteiger partial charge in [0.2, 0.25) is 0 Å². The molecule has 0 aliphatic carbocycles. The smallest absolute Gasteiger partial charge is 0.303 e. The number of carbonyl (C=O) groups is 1. The number of rotatable bonds is 10. The van der Waals surface area contributed by atoms with E-state index < -0.39 is 5.97 Å². The van der Waals surface area contributed by atoms with E-state index in [0.717, 1.165) is 19.5 Å². The van der Waals surface area contributed by atoms with Crippen LogP contribution in [0.15, 0.2) is 0 Å². The van der Waals surface area contributed by atoms with Crippen molar-refractivity contribution in [2.45, 2.75) is 51.9 Å². The van der Waals surface area contributed by atoms with E-state index in [4.69, 9.17) is 5.11 Å². The molecular weight excluding hydrogens is 190 g/mol. The average molecular weight is 215 g/mol. The van der Waals surface area contributed by atoms with E-state index in [0.29, 0.717) is 6.42 Å². The largest absolute Gasteiger partial charge is 0.481 e. The van der Waals surface area contributed by atoms with Crippen molar-refractivity contribution >= 4 is 5.97 Å². The molecule has 0 rings (SSSR count). The third-order valence-electron chi connectivity index (χ3n) is 2.57. The molecule has 0 amide bonds. The second kappa shape index (κ2) is 9.97. The average Bonchev–Trinajstić information content (AvgIpc) is 2.17. The van der Waals surface area contributed by atoms with Crippen LogP contribution >= 0.6 is 0 Å². The number of hydrogen-bond donors (Lipinski definition) is 1. The molecule has 0 aliphatic heterocycles. The van der Waals surface area contributed by atoms with Crippen LogP contribution in [0.4, 0.5) is 0 Å². The Balaban J connectivity index is 3.18. The van der Waals surface area contributed by atoms with Crippen LogP contribution in [0.5, 0.6) is 0 Å². The fraction of sp³-hybridized carbons (Fsp3) is 0.917. The zero-order valence-electron chi connectivity index (χ0n) is 10.2. The fourth-order valence-corrected chi connectivity index (χ4v) is 1.60. The molecule has 15 heavy (non-hydrogen) atoms. The number of nitrogens with zero attached hydrogens (tertiary/aromatic N) is 1. The molecule has 0 radical (unpaired) electrons. The highest BCUT2D eigenvalue weighted by atomic mass is 16.4. The van der Waals surface area contributed by atoms with Crippen molar-refractivity contribution < 1.29 is 9.90 Å². The standard InChI is InChI=1S/C12H25NO2/c1-3-4-5-6-7-10-13(2)11-8-9-12(14)15/h3-11H2,1-2H3,(H,14,15). The molecule has 0 fully saturated rings. The Hall–Kier alpha value is -0.570. The topological polar surface area (TPSA) is 40.5 Å².